The predicted molar refractivity (Wildman–Crippen MR) is 107 cm³/mol. The Balaban J connectivity index is 1.59. The zero-order chi connectivity index (χ0) is 19.1. The molecule has 0 spiro atoms. The van der Waals surface area contributed by atoms with E-state index in [1.807, 2.05) is 30.5 Å². The zero-order valence-electron chi connectivity index (χ0n) is 16.0. The molecule has 3 rings (SSSR count). The van der Waals surface area contributed by atoms with Gasteiger partial charge in [-0.1, -0.05) is 18.9 Å². The maximum Gasteiger partial charge on any atom is 0.229 e. The number of benzene rings is 1. The second-order valence-electron chi connectivity index (χ2n) is 6.72. The van der Waals surface area contributed by atoms with Crippen LogP contribution in [0.3, 0.4) is 0 Å². The average molecular weight is 369 g/mol. The van der Waals surface area contributed by atoms with Gasteiger partial charge >= 0.3 is 0 Å². The number of anilines is 2. The third kappa shape index (κ3) is 5.12. The molecule has 0 unspecified atom stereocenters. The second kappa shape index (κ2) is 9.26. The number of aromatic nitrogens is 1. The summed E-state index contributed by atoms with van der Waals surface area (Å²) in [5, 5.41) is 2.86. The summed E-state index contributed by atoms with van der Waals surface area (Å²) >= 11 is 0. The summed E-state index contributed by atoms with van der Waals surface area (Å²) in [7, 11) is 3.17. The molecule has 0 radical (unpaired) electrons. The third-order valence-corrected chi connectivity index (χ3v) is 4.80. The first-order valence-corrected chi connectivity index (χ1v) is 9.41. The number of rotatable bonds is 6. The van der Waals surface area contributed by atoms with E-state index in [0.717, 1.165) is 24.3 Å². The number of hydrogen-bond donors (Lipinski definition) is 1. The molecule has 0 bridgehead atoms. The summed E-state index contributed by atoms with van der Waals surface area (Å²) in [6.45, 7) is 2.15. The van der Waals surface area contributed by atoms with E-state index in [1.54, 1.807) is 20.3 Å². The van der Waals surface area contributed by atoms with Crippen LogP contribution in [-0.2, 0) is 11.2 Å². The van der Waals surface area contributed by atoms with Gasteiger partial charge in [0.1, 0.15) is 5.82 Å². The van der Waals surface area contributed by atoms with Crippen LogP contribution in [-0.4, -0.2) is 38.2 Å². The minimum Gasteiger partial charge on any atom is -0.493 e. The Kier molecular flexibility index (Phi) is 6.52. The van der Waals surface area contributed by atoms with E-state index >= 15 is 0 Å². The topological polar surface area (TPSA) is 63.7 Å². The molecule has 1 aromatic heterocycles. The smallest absolute Gasteiger partial charge is 0.229 e. The lowest BCUT2D eigenvalue weighted by molar-refractivity contribution is -0.115. The molecule has 144 valence electrons. The molecule has 1 aliphatic heterocycles. The van der Waals surface area contributed by atoms with Crippen LogP contribution in [0, 0.1) is 0 Å². The van der Waals surface area contributed by atoms with E-state index in [9.17, 15) is 4.79 Å². The molecule has 1 fully saturated rings. The van der Waals surface area contributed by atoms with Crippen molar-refractivity contribution in [2.45, 2.75) is 32.1 Å². The van der Waals surface area contributed by atoms with Gasteiger partial charge in [-0.25, -0.2) is 4.98 Å². The number of nitrogens with one attached hydrogen (secondary N) is 1. The lowest BCUT2D eigenvalue weighted by Gasteiger charge is -2.22. The quantitative estimate of drug-likeness (QED) is 0.842. The highest BCUT2D eigenvalue weighted by Gasteiger charge is 2.12. The van der Waals surface area contributed by atoms with Crippen molar-refractivity contribution in [3.63, 3.8) is 0 Å². The van der Waals surface area contributed by atoms with Gasteiger partial charge in [-0.15, -0.1) is 0 Å². The SMILES string of the molecule is COc1ccc(CC(=O)Nc2ccc(N3CCCCCC3)cn2)cc1OC. The summed E-state index contributed by atoms with van der Waals surface area (Å²) in [5.41, 5.74) is 1.97. The third-order valence-electron chi connectivity index (χ3n) is 4.80. The van der Waals surface area contributed by atoms with Crippen LogP contribution in [0.2, 0.25) is 0 Å². The summed E-state index contributed by atoms with van der Waals surface area (Å²) < 4.78 is 10.5. The second-order valence-corrected chi connectivity index (χ2v) is 6.72. The van der Waals surface area contributed by atoms with E-state index in [1.165, 1.54) is 25.7 Å². The number of carbonyl (C=O) groups excluding carboxylic acids is 1. The fourth-order valence-corrected chi connectivity index (χ4v) is 3.34. The first kappa shape index (κ1) is 19.0. The fraction of sp³-hybridized carbons (Fsp3) is 0.429. The molecule has 1 saturated heterocycles. The number of pyridine rings is 1. The minimum atomic E-state index is -0.114. The van der Waals surface area contributed by atoms with Crippen LogP contribution >= 0.6 is 0 Å². The van der Waals surface area contributed by atoms with E-state index in [4.69, 9.17) is 9.47 Å². The first-order valence-electron chi connectivity index (χ1n) is 9.41. The van der Waals surface area contributed by atoms with Gasteiger partial charge in [0.25, 0.3) is 0 Å². The Labute approximate surface area is 160 Å². The highest BCUT2D eigenvalue weighted by molar-refractivity contribution is 5.91. The highest BCUT2D eigenvalue weighted by atomic mass is 16.5. The number of methoxy groups -OCH3 is 2. The van der Waals surface area contributed by atoms with Crippen molar-refractivity contribution < 1.29 is 14.3 Å². The van der Waals surface area contributed by atoms with Gasteiger partial charge in [-0.05, 0) is 42.7 Å². The van der Waals surface area contributed by atoms with Crippen LogP contribution in [0.4, 0.5) is 11.5 Å². The maximum absolute atomic E-state index is 12.3. The van der Waals surface area contributed by atoms with Crippen molar-refractivity contribution in [2.24, 2.45) is 0 Å². The molecule has 2 heterocycles. The largest absolute Gasteiger partial charge is 0.493 e. The Morgan fingerprint density at radius 1 is 1.04 bits per heavy atom. The highest BCUT2D eigenvalue weighted by Crippen LogP contribution is 2.27. The van der Waals surface area contributed by atoms with Gasteiger partial charge in [0, 0.05) is 13.1 Å². The van der Waals surface area contributed by atoms with E-state index < -0.39 is 0 Å². The molecular weight excluding hydrogens is 342 g/mol. The van der Waals surface area contributed by atoms with Crippen LogP contribution in [0.5, 0.6) is 11.5 Å². The van der Waals surface area contributed by atoms with E-state index in [-0.39, 0.29) is 12.3 Å². The van der Waals surface area contributed by atoms with Gasteiger partial charge in [-0.3, -0.25) is 4.79 Å². The van der Waals surface area contributed by atoms with Crippen molar-refractivity contribution in [3.05, 3.63) is 42.1 Å². The normalized spacial score (nSPS) is 14.4. The minimum absolute atomic E-state index is 0.114. The summed E-state index contributed by atoms with van der Waals surface area (Å²) in [5.74, 6) is 1.71. The number of ether oxygens (including phenoxy) is 2. The number of hydrogen-bond acceptors (Lipinski definition) is 5. The van der Waals surface area contributed by atoms with Gasteiger partial charge in [0.05, 0.1) is 32.5 Å². The van der Waals surface area contributed by atoms with Gasteiger partial charge < -0.3 is 19.7 Å². The molecule has 6 heteroatoms. The molecular formula is C21H27N3O3. The van der Waals surface area contributed by atoms with Gasteiger partial charge in [0.15, 0.2) is 11.5 Å². The van der Waals surface area contributed by atoms with Gasteiger partial charge in [0.2, 0.25) is 5.91 Å². The molecule has 0 aliphatic carbocycles. The van der Waals surface area contributed by atoms with Crippen molar-refractivity contribution in [3.8, 4) is 11.5 Å². The lowest BCUT2D eigenvalue weighted by Crippen LogP contribution is -2.24. The Morgan fingerprint density at radius 3 is 2.41 bits per heavy atom. The number of nitrogens with zero attached hydrogens (tertiary/aromatic N) is 2. The van der Waals surface area contributed by atoms with Crippen molar-refractivity contribution >= 4 is 17.4 Å². The summed E-state index contributed by atoms with van der Waals surface area (Å²) in [4.78, 5) is 19.1. The van der Waals surface area contributed by atoms with Crippen molar-refractivity contribution in [2.75, 3.05) is 37.5 Å². The van der Waals surface area contributed by atoms with E-state index in [2.05, 4.69) is 15.2 Å². The fourth-order valence-electron chi connectivity index (χ4n) is 3.34. The van der Waals surface area contributed by atoms with Crippen molar-refractivity contribution in [1.29, 1.82) is 0 Å². The zero-order valence-corrected chi connectivity index (χ0v) is 16.0. The standard InChI is InChI=1S/C21H27N3O3/c1-26-18-9-7-16(13-19(18)27-2)14-21(25)23-20-10-8-17(15-22-20)24-11-5-3-4-6-12-24/h7-10,13,15H,3-6,11-12,14H2,1-2H3,(H,22,23,25). The molecule has 1 amide bonds. The van der Waals surface area contributed by atoms with Crippen molar-refractivity contribution in [1.82, 2.24) is 4.98 Å². The Morgan fingerprint density at radius 2 is 1.78 bits per heavy atom. The van der Waals surface area contributed by atoms with E-state index in [0.29, 0.717) is 17.3 Å². The summed E-state index contributed by atoms with van der Waals surface area (Å²) in [6, 6.07) is 9.37. The van der Waals surface area contributed by atoms with Crippen LogP contribution in [0.1, 0.15) is 31.2 Å². The van der Waals surface area contributed by atoms with Crippen LogP contribution in [0.25, 0.3) is 0 Å². The number of amides is 1. The molecule has 27 heavy (non-hydrogen) atoms. The number of carbonyl (C=O) groups is 1. The van der Waals surface area contributed by atoms with Gasteiger partial charge in [-0.2, -0.15) is 0 Å². The average Bonchev–Trinajstić information content (AvgIpc) is 2.98. The molecule has 6 nitrogen and oxygen atoms in total. The monoisotopic (exact) mass is 369 g/mol. The first-order chi connectivity index (χ1) is 13.2. The maximum atomic E-state index is 12.3. The molecule has 1 aliphatic rings. The summed E-state index contributed by atoms with van der Waals surface area (Å²) in [6.07, 6.45) is 7.14. The molecule has 0 saturated carbocycles. The molecule has 1 N–H and O–H groups in total. The lowest BCUT2D eigenvalue weighted by atomic mass is 10.1. The Hall–Kier alpha value is -2.76. The molecule has 0 atom stereocenters. The molecule has 2 aromatic rings. The van der Waals surface area contributed by atoms with Crippen LogP contribution < -0.4 is 19.7 Å². The predicted octanol–water partition coefficient (Wildman–Crippen LogP) is 3.66. The molecule has 1 aromatic carbocycles. The van der Waals surface area contributed by atoms with Crippen LogP contribution in [0.15, 0.2) is 36.5 Å². The Bertz CT molecular complexity index is 754.